The minimum atomic E-state index is 0.711. The van der Waals surface area contributed by atoms with Crippen molar-refractivity contribution in [2.45, 2.75) is 6.42 Å². The smallest absolute Gasteiger partial charge is 0.135 e. The van der Waals surface area contributed by atoms with Gasteiger partial charge in [-0.2, -0.15) is 0 Å². The molecule has 0 spiro atoms. The quantitative estimate of drug-likeness (QED) is 0.397. The Morgan fingerprint density at radius 1 is 0.519 bits per heavy atom. The van der Waals surface area contributed by atoms with Crippen LogP contribution in [0, 0.1) is 12.1 Å². The number of hydrogen-bond acceptors (Lipinski definition) is 2. The standard InChI is InChI=1S/C25H18O2/c1-3-7-22(8-4-1)26-24-15-11-20(12-16-24)19-21-13-17-25(18-14-21)27-23-9-5-2-6-10-23/h1-15,17H,19H2. The Hall–Kier alpha value is -3.52. The lowest BCUT2D eigenvalue weighted by atomic mass is 10.0. The van der Waals surface area contributed by atoms with E-state index in [2.05, 4.69) is 24.3 Å². The van der Waals surface area contributed by atoms with Gasteiger partial charge in [0, 0.05) is 12.1 Å². The van der Waals surface area contributed by atoms with Crippen LogP contribution < -0.4 is 9.47 Å². The molecule has 0 amide bonds. The van der Waals surface area contributed by atoms with Crippen LogP contribution in [-0.4, -0.2) is 0 Å². The van der Waals surface area contributed by atoms with E-state index in [4.69, 9.17) is 9.47 Å². The van der Waals surface area contributed by atoms with E-state index in [9.17, 15) is 0 Å². The van der Waals surface area contributed by atoms with Crippen LogP contribution in [0.25, 0.3) is 0 Å². The van der Waals surface area contributed by atoms with Gasteiger partial charge in [0.25, 0.3) is 0 Å². The highest BCUT2D eigenvalue weighted by Gasteiger charge is 2.02. The molecule has 4 rings (SSSR count). The van der Waals surface area contributed by atoms with Gasteiger partial charge in [0.05, 0.1) is 0 Å². The second-order valence-corrected chi connectivity index (χ2v) is 6.13. The minimum Gasteiger partial charge on any atom is -0.457 e. The Balaban J connectivity index is 1.37. The van der Waals surface area contributed by atoms with E-state index < -0.39 is 0 Å². The molecule has 2 heteroatoms. The molecule has 0 aromatic heterocycles. The molecule has 0 heterocycles. The van der Waals surface area contributed by atoms with Gasteiger partial charge < -0.3 is 9.47 Å². The van der Waals surface area contributed by atoms with E-state index in [1.54, 1.807) is 0 Å². The van der Waals surface area contributed by atoms with Crippen molar-refractivity contribution in [2.24, 2.45) is 0 Å². The van der Waals surface area contributed by atoms with Crippen LogP contribution in [0.5, 0.6) is 23.0 Å². The summed E-state index contributed by atoms with van der Waals surface area (Å²) in [4.78, 5) is 0. The van der Waals surface area contributed by atoms with Crippen LogP contribution in [0.4, 0.5) is 0 Å². The van der Waals surface area contributed by atoms with Crippen molar-refractivity contribution >= 4 is 0 Å². The largest absolute Gasteiger partial charge is 0.457 e. The van der Waals surface area contributed by atoms with Crippen molar-refractivity contribution in [3.63, 3.8) is 0 Å². The molecule has 0 saturated heterocycles. The van der Waals surface area contributed by atoms with Crippen LogP contribution in [0.1, 0.15) is 11.1 Å². The molecule has 0 N–H and O–H groups in total. The summed E-state index contributed by atoms with van der Waals surface area (Å²) in [5.74, 6) is 3.04. The van der Waals surface area contributed by atoms with Gasteiger partial charge in [0.2, 0.25) is 0 Å². The van der Waals surface area contributed by atoms with Crippen LogP contribution in [0.3, 0.4) is 0 Å². The Kier molecular flexibility index (Phi) is 5.16. The Morgan fingerprint density at radius 3 is 1.33 bits per heavy atom. The molecule has 0 aliphatic rings. The molecule has 0 atom stereocenters. The maximum atomic E-state index is 5.78. The average Bonchev–Trinajstić information content (AvgIpc) is 2.73. The van der Waals surface area contributed by atoms with E-state index in [1.807, 2.05) is 84.9 Å². The summed E-state index contributed by atoms with van der Waals surface area (Å²) in [6, 6.07) is 37.8. The lowest BCUT2D eigenvalue weighted by molar-refractivity contribution is 0.481. The monoisotopic (exact) mass is 350 g/mol. The molecule has 0 aliphatic carbocycles. The number of para-hydroxylation sites is 2. The van der Waals surface area contributed by atoms with Gasteiger partial charge in [-0.3, -0.25) is 0 Å². The second kappa shape index (κ2) is 8.24. The van der Waals surface area contributed by atoms with Gasteiger partial charge in [-0.25, -0.2) is 0 Å². The molecule has 4 aromatic carbocycles. The van der Waals surface area contributed by atoms with Crippen molar-refractivity contribution < 1.29 is 9.47 Å². The number of ether oxygens (including phenoxy) is 2. The molecule has 2 radical (unpaired) electrons. The molecule has 0 aliphatic heterocycles. The molecule has 2 nitrogen and oxygen atoms in total. The van der Waals surface area contributed by atoms with E-state index in [1.165, 1.54) is 11.1 Å². The molecule has 0 fully saturated rings. The Morgan fingerprint density at radius 2 is 0.963 bits per heavy atom. The van der Waals surface area contributed by atoms with Crippen molar-refractivity contribution in [1.29, 1.82) is 0 Å². The summed E-state index contributed by atoms with van der Waals surface area (Å²) in [5, 5.41) is 0. The zero-order chi connectivity index (χ0) is 18.3. The van der Waals surface area contributed by atoms with Gasteiger partial charge in [0.1, 0.15) is 23.0 Å². The molecule has 0 bridgehead atoms. The van der Waals surface area contributed by atoms with Crippen molar-refractivity contribution in [3.05, 3.63) is 120 Å². The van der Waals surface area contributed by atoms with E-state index in [-0.39, 0.29) is 0 Å². The first kappa shape index (κ1) is 16.9. The Bertz CT molecular complexity index is 877. The van der Waals surface area contributed by atoms with Crippen molar-refractivity contribution in [1.82, 2.24) is 0 Å². The third-order valence-electron chi connectivity index (χ3n) is 4.05. The van der Waals surface area contributed by atoms with Crippen LogP contribution in [0.15, 0.2) is 97.1 Å². The first-order valence-electron chi connectivity index (χ1n) is 8.82. The van der Waals surface area contributed by atoms with Crippen LogP contribution in [0.2, 0.25) is 0 Å². The normalized spacial score (nSPS) is 10.4. The lowest BCUT2D eigenvalue weighted by Crippen LogP contribution is -1.90. The van der Waals surface area contributed by atoms with Crippen molar-refractivity contribution in [3.8, 4) is 23.0 Å². The van der Waals surface area contributed by atoms with Gasteiger partial charge >= 0.3 is 0 Å². The van der Waals surface area contributed by atoms with Crippen LogP contribution in [-0.2, 0) is 6.42 Å². The lowest BCUT2D eigenvalue weighted by Gasteiger charge is -2.08. The molecule has 27 heavy (non-hydrogen) atoms. The van der Waals surface area contributed by atoms with Gasteiger partial charge in [-0.05, 0) is 66.1 Å². The van der Waals surface area contributed by atoms with Crippen LogP contribution >= 0.6 is 0 Å². The van der Waals surface area contributed by atoms with Gasteiger partial charge in [-0.15, -0.1) is 0 Å². The average molecular weight is 350 g/mol. The Labute approximate surface area is 159 Å². The first-order chi connectivity index (χ1) is 13.3. The summed E-state index contributed by atoms with van der Waals surface area (Å²) in [5.41, 5.74) is 2.33. The molecule has 0 unspecified atom stereocenters. The fourth-order valence-electron chi connectivity index (χ4n) is 2.70. The van der Waals surface area contributed by atoms with Gasteiger partial charge in [0.15, 0.2) is 0 Å². The maximum absolute atomic E-state index is 5.78. The fraction of sp³-hybridized carbons (Fsp3) is 0.0400. The summed E-state index contributed by atoms with van der Waals surface area (Å²) in [6.45, 7) is 0. The summed E-state index contributed by atoms with van der Waals surface area (Å²) >= 11 is 0. The van der Waals surface area contributed by atoms with Gasteiger partial charge in [-0.1, -0.05) is 48.5 Å². The summed E-state index contributed by atoms with van der Waals surface area (Å²) in [7, 11) is 0. The third-order valence-corrected chi connectivity index (χ3v) is 4.05. The highest BCUT2D eigenvalue weighted by molar-refractivity contribution is 5.36. The predicted octanol–water partition coefficient (Wildman–Crippen LogP) is 6.46. The molecular weight excluding hydrogens is 332 g/mol. The summed E-state index contributed by atoms with van der Waals surface area (Å²) in [6.07, 6.45) is 0.810. The summed E-state index contributed by atoms with van der Waals surface area (Å²) < 4.78 is 11.6. The number of rotatable bonds is 6. The highest BCUT2D eigenvalue weighted by atomic mass is 16.5. The van der Waals surface area contributed by atoms with E-state index in [0.29, 0.717) is 11.5 Å². The number of hydrogen-bond donors (Lipinski definition) is 0. The highest BCUT2D eigenvalue weighted by Crippen LogP contribution is 2.23. The predicted molar refractivity (Wildman–Crippen MR) is 106 cm³/mol. The zero-order valence-corrected chi connectivity index (χ0v) is 14.8. The fourth-order valence-corrected chi connectivity index (χ4v) is 2.70. The molecule has 4 aromatic rings. The van der Waals surface area contributed by atoms with E-state index >= 15 is 0 Å². The third kappa shape index (κ3) is 4.77. The molecular formula is C25H18O2. The zero-order valence-electron chi connectivity index (χ0n) is 14.8. The van der Waals surface area contributed by atoms with Crippen molar-refractivity contribution in [2.75, 3.05) is 0 Å². The maximum Gasteiger partial charge on any atom is 0.135 e. The minimum absolute atomic E-state index is 0.711. The molecule has 130 valence electrons. The number of benzene rings is 4. The second-order valence-electron chi connectivity index (χ2n) is 6.13. The first-order valence-corrected chi connectivity index (χ1v) is 8.82. The topological polar surface area (TPSA) is 18.5 Å². The molecule has 0 saturated carbocycles. The van der Waals surface area contributed by atoms with E-state index in [0.717, 1.165) is 17.9 Å². The SMILES string of the molecule is [c]1cc(Cc2c[c]c(Oc3ccccc3)cc2)ccc1Oc1ccccc1.